The Morgan fingerprint density at radius 2 is 1.89 bits per heavy atom. The second kappa shape index (κ2) is 9.87. The Hall–Kier alpha value is -2.90. The van der Waals surface area contributed by atoms with Crippen molar-refractivity contribution in [2.75, 3.05) is 33.4 Å². The number of pyridine rings is 1. The number of hydrogen-bond acceptors (Lipinski definition) is 5. The van der Waals surface area contributed by atoms with Crippen LogP contribution in [-0.4, -0.2) is 48.6 Å². The molecule has 1 aromatic carbocycles. The van der Waals surface area contributed by atoms with E-state index in [2.05, 4.69) is 15.6 Å². The molecule has 1 amide bonds. The van der Waals surface area contributed by atoms with Crippen LogP contribution in [0.5, 0.6) is 5.75 Å². The van der Waals surface area contributed by atoms with Crippen LogP contribution in [0, 0.1) is 6.92 Å². The maximum Gasteiger partial charge on any atom is 0.251 e. The zero-order valence-corrected chi connectivity index (χ0v) is 16.3. The fourth-order valence-electron chi connectivity index (χ4n) is 2.75. The number of imidazole rings is 1. The molecule has 3 rings (SSSR count). The molecule has 2 heterocycles. The van der Waals surface area contributed by atoms with Crippen molar-refractivity contribution in [3.8, 4) is 5.75 Å². The van der Waals surface area contributed by atoms with Crippen molar-refractivity contribution < 1.29 is 14.3 Å². The average molecular weight is 382 g/mol. The second-order valence-corrected chi connectivity index (χ2v) is 6.52. The predicted octanol–water partition coefficient (Wildman–Crippen LogP) is 2.19. The van der Waals surface area contributed by atoms with Crippen molar-refractivity contribution in [1.29, 1.82) is 0 Å². The molecule has 28 heavy (non-hydrogen) atoms. The van der Waals surface area contributed by atoms with Gasteiger partial charge in [-0.05, 0) is 42.8 Å². The van der Waals surface area contributed by atoms with Gasteiger partial charge in [0.25, 0.3) is 5.91 Å². The number of nitrogens with one attached hydrogen (secondary N) is 2. The molecule has 0 radical (unpaired) electrons. The lowest BCUT2D eigenvalue weighted by Crippen LogP contribution is -2.33. The highest BCUT2D eigenvalue weighted by molar-refractivity contribution is 5.94. The molecule has 148 valence electrons. The SMILES string of the molecule is COCCNCCNC(=O)c1ccc(OCc2cn3cc(C)ccc3n2)cc1. The minimum Gasteiger partial charge on any atom is -0.487 e. The van der Waals surface area contributed by atoms with E-state index in [0.29, 0.717) is 37.6 Å². The summed E-state index contributed by atoms with van der Waals surface area (Å²) in [4.78, 5) is 16.7. The van der Waals surface area contributed by atoms with Gasteiger partial charge in [0.05, 0.1) is 12.3 Å². The van der Waals surface area contributed by atoms with E-state index in [1.807, 2.05) is 35.9 Å². The van der Waals surface area contributed by atoms with Crippen LogP contribution < -0.4 is 15.4 Å². The van der Waals surface area contributed by atoms with Crippen molar-refractivity contribution >= 4 is 11.6 Å². The molecular formula is C21H26N4O3. The monoisotopic (exact) mass is 382 g/mol. The number of hydrogen-bond donors (Lipinski definition) is 2. The molecule has 2 N–H and O–H groups in total. The summed E-state index contributed by atoms with van der Waals surface area (Å²) in [6.07, 6.45) is 4.00. The zero-order chi connectivity index (χ0) is 19.8. The van der Waals surface area contributed by atoms with E-state index >= 15 is 0 Å². The number of carbonyl (C=O) groups excluding carboxylic acids is 1. The van der Waals surface area contributed by atoms with Crippen LogP contribution in [0.2, 0.25) is 0 Å². The van der Waals surface area contributed by atoms with Crippen molar-refractivity contribution in [2.45, 2.75) is 13.5 Å². The first-order valence-corrected chi connectivity index (χ1v) is 9.30. The van der Waals surface area contributed by atoms with Crippen LogP contribution in [0.15, 0.2) is 48.8 Å². The van der Waals surface area contributed by atoms with Crippen molar-refractivity contribution in [2.24, 2.45) is 0 Å². The van der Waals surface area contributed by atoms with E-state index < -0.39 is 0 Å². The van der Waals surface area contributed by atoms with Crippen LogP contribution in [-0.2, 0) is 11.3 Å². The first-order valence-electron chi connectivity index (χ1n) is 9.30. The Labute approximate surface area is 164 Å². The highest BCUT2D eigenvalue weighted by atomic mass is 16.5. The molecule has 0 aliphatic heterocycles. The number of fused-ring (bicyclic) bond motifs is 1. The summed E-state index contributed by atoms with van der Waals surface area (Å²) < 4.78 is 12.7. The molecule has 0 aliphatic rings. The minimum absolute atomic E-state index is 0.101. The van der Waals surface area contributed by atoms with E-state index in [4.69, 9.17) is 9.47 Å². The number of benzene rings is 1. The van der Waals surface area contributed by atoms with Gasteiger partial charge in [-0.25, -0.2) is 4.98 Å². The summed E-state index contributed by atoms with van der Waals surface area (Å²) in [7, 11) is 1.66. The van der Waals surface area contributed by atoms with Crippen LogP contribution in [0.25, 0.3) is 5.65 Å². The Morgan fingerprint density at radius 3 is 2.68 bits per heavy atom. The third kappa shape index (κ3) is 5.55. The number of carbonyl (C=O) groups is 1. The molecule has 7 heteroatoms. The molecule has 0 atom stereocenters. The highest BCUT2D eigenvalue weighted by Crippen LogP contribution is 2.15. The summed E-state index contributed by atoms with van der Waals surface area (Å²) in [5, 5.41) is 6.06. The van der Waals surface area contributed by atoms with Crippen LogP contribution in [0.1, 0.15) is 21.6 Å². The smallest absolute Gasteiger partial charge is 0.251 e. The Kier molecular flexibility index (Phi) is 7.00. The number of amides is 1. The molecule has 0 fully saturated rings. The molecule has 2 aromatic heterocycles. The van der Waals surface area contributed by atoms with Gasteiger partial charge in [0, 0.05) is 44.7 Å². The van der Waals surface area contributed by atoms with Gasteiger partial charge in [0.15, 0.2) is 0 Å². The van der Waals surface area contributed by atoms with Crippen molar-refractivity contribution in [1.82, 2.24) is 20.0 Å². The van der Waals surface area contributed by atoms with Gasteiger partial charge in [-0.2, -0.15) is 0 Å². The minimum atomic E-state index is -0.101. The van der Waals surface area contributed by atoms with Crippen LogP contribution in [0.4, 0.5) is 0 Å². The first-order chi connectivity index (χ1) is 13.7. The standard InChI is InChI=1S/C21H26N4O3/c1-16-3-8-20-24-18(14-25(20)13-16)15-28-19-6-4-17(5-7-19)21(26)23-10-9-22-11-12-27-2/h3-8,13-14,22H,9-12,15H2,1-2H3,(H,23,26). The van der Waals surface area contributed by atoms with Crippen LogP contribution in [0.3, 0.4) is 0 Å². The van der Waals surface area contributed by atoms with E-state index in [0.717, 1.165) is 17.9 Å². The Bertz CT molecular complexity index is 906. The topological polar surface area (TPSA) is 76.9 Å². The van der Waals surface area contributed by atoms with Gasteiger partial charge in [-0.1, -0.05) is 6.07 Å². The highest BCUT2D eigenvalue weighted by Gasteiger charge is 2.06. The Morgan fingerprint density at radius 1 is 1.07 bits per heavy atom. The first kappa shape index (κ1) is 19.9. The molecule has 0 bridgehead atoms. The normalized spacial score (nSPS) is 10.9. The van der Waals surface area contributed by atoms with Gasteiger partial charge in [-0.3, -0.25) is 4.79 Å². The summed E-state index contributed by atoms with van der Waals surface area (Å²) in [6, 6.07) is 11.1. The lowest BCUT2D eigenvalue weighted by Gasteiger charge is -2.08. The molecule has 0 unspecified atom stereocenters. The van der Waals surface area contributed by atoms with Gasteiger partial charge >= 0.3 is 0 Å². The van der Waals surface area contributed by atoms with E-state index in [-0.39, 0.29) is 5.91 Å². The van der Waals surface area contributed by atoms with Crippen molar-refractivity contribution in [3.63, 3.8) is 0 Å². The number of nitrogens with zero attached hydrogens (tertiary/aromatic N) is 2. The second-order valence-electron chi connectivity index (χ2n) is 6.52. The molecule has 0 spiro atoms. The maximum atomic E-state index is 12.1. The summed E-state index contributed by atoms with van der Waals surface area (Å²) in [5.41, 5.74) is 3.53. The number of rotatable bonds is 10. The number of aromatic nitrogens is 2. The lowest BCUT2D eigenvalue weighted by molar-refractivity contribution is 0.0953. The summed E-state index contributed by atoms with van der Waals surface area (Å²) in [5.74, 6) is 0.599. The van der Waals surface area contributed by atoms with Gasteiger partial charge in [0.2, 0.25) is 0 Å². The molecule has 0 saturated carbocycles. The molecule has 0 saturated heterocycles. The van der Waals surface area contributed by atoms with E-state index in [1.165, 1.54) is 5.56 Å². The number of ether oxygens (including phenoxy) is 2. The predicted molar refractivity (Wildman–Crippen MR) is 108 cm³/mol. The molecular weight excluding hydrogens is 356 g/mol. The summed E-state index contributed by atoms with van der Waals surface area (Å²) in [6.45, 7) is 5.11. The largest absolute Gasteiger partial charge is 0.487 e. The van der Waals surface area contributed by atoms with Crippen molar-refractivity contribution in [3.05, 3.63) is 65.6 Å². The average Bonchev–Trinajstić information content (AvgIpc) is 3.11. The third-order valence-electron chi connectivity index (χ3n) is 4.22. The third-order valence-corrected chi connectivity index (χ3v) is 4.22. The maximum absolute atomic E-state index is 12.1. The fourth-order valence-corrected chi connectivity index (χ4v) is 2.75. The van der Waals surface area contributed by atoms with Gasteiger partial charge in [0.1, 0.15) is 18.0 Å². The molecule has 0 aliphatic carbocycles. The lowest BCUT2D eigenvalue weighted by atomic mass is 10.2. The fraction of sp³-hybridized carbons (Fsp3) is 0.333. The number of methoxy groups -OCH3 is 1. The van der Waals surface area contributed by atoms with E-state index in [9.17, 15) is 4.79 Å². The van der Waals surface area contributed by atoms with Gasteiger partial charge in [-0.15, -0.1) is 0 Å². The molecule has 7 nitrogen and oxygen atoms in total. The quantitative estimate of drug-likeness (QED) is 0.526. The Balaban J connectivity index is 1.46. The van der Waals surface area contributed by atoms with Gasteiger partial charge < -0.3 is 24.5 Å². The van der Waals surface area contributed by atoms with Crippen LogP contribution >= 0.6 is 0 Å². The zero-order valence-electron chi connectivity index (χ0n) is 16.3. The summed E-state index contributed by atoms with van der Waals surface area (Å²) >= 11 is 0. The number of aryl methyl sites for hydroxylation is 1. The van der Waals surface area contributed by atoms with E-state index in [1.54, 1.807) is 31.4 Å². The molecule has 3 aromatic rings.